The smallest absolute Gasteiger partial charge is 0.306 e. The molecule has 33 heavy (non-hydrogen) atoms. The summed E-state index contributed by atoms with van der Waals surface area (Å²) in [6.07, 6.45) is 0.323. The minimum atomic E-state index is -0.893. The Hall–Kier alpha value is -2.41. The highest BCUT2D eigenvalue weighted by Crippen LogP contribution is 2.28. The van der Waals surface area contributed by atoms with Crippen molar-refractivity contribution in [2.45, 2.75) is 85.4 Å². The number of carboxylic acid groups (broad SMARTS) is 1. The van der Waals surface area contributed by atoms with E-state index in [2.05, 4.69) is 16.0 Å². The maximum absolute atomic E-state index is 13.4. The van der Waals surface area contributed by atoms with Gasteiger partial charge in [-0.15, -0.1) is 0 Å². The van der Waals surface area contributed by atoms with Crippen molar-refractivity contribution in [2.24, 2.45) is 17.3 Å². The Morgan fingerprint density at radius 2 is 1.39 bits per heavy atom. The summed E-state index contributed by atoms with van der Waals surface area (Å²) in [5.41, 5.74) is -0.0515. The number of hydrogen-bond acceptors (Lipinski definition) is 4. The molecule has 1 aromatic rings. The number of benzene rings is 1. The first-order valence-electron chi connectivity index (χ1n) is 11.7. The first-order chi connectivity index (χ1) is 15.1. The normalized spacial score (nSPS) is 15.9. The van der Waals surface area contributed by atoms with Crippen molar-refractivity contribution in [1.82, 2.24) is 16.0 Å². The molecule has 4 atom stereocenters. The number of likely N-dealkylation sites (N-methyl/N-ethyl adjacent to an activating group) is 1. The fourth-order valence-corrected chi connectivity index (χ4v) is 4.00. The number of carboxylic acids is 1. The molecule has 0 saturated heterocycles. The van der Waals surface area contributed by atoms with Gasteiger partial charge in [-0.3, -0.25) is 14.4 Å². The SMILES string of the molecule is CNC(C(=O)NC(C(=O)N[C@H](CC(C)C(=O)O)C(C)C)C(C)(C)C)C(C)(C)c1ccccc1. The number of amides is 2. The average molecular weight is 462 g/mol. The van der Waals surface area contributed by atoms with Crippen LogP contribution in [0.25, 0.3) is 0 Å². The Bertz CT molecular complexity index is 800. The van der Waals surface area contributed by atoms with Crippen LogP contribution in [0, 0.1) is 17.3 Å². The van der Waals surface area contributed by atoms with Crippen LogP contribution < -0.4 is 16.0 Å². The lowest BCUT2D eigenvalue weighted by molar-refractivity contribution is -0.142. The van der Waals surface area contributed by atoms with Gasteiger partial charge in [0.05, 0.1) is 12.0 Å². The second-order valence-corrected chi connectivity index (χ2v) is 11.0. The van der Waals surface area contributed by atoms with E-state index in [1.165, 1.54) is 0 Å². The maximum Gasteiger partial charge on any atom is 0.306 e. The molecule has 7 nitrogen and oxygen atoms in total. The van der Waals surface area contributed by atoms with Crippen LogP contribution in [0.5, 0.6) is 0 Å². The second kappa shape index (κ2) is 11.6. The van der Waals surface area contributed by atoms with E-state index in [0.29, 0.717) is 6.42 Å². The van der Waals surface area contributed by atoms with Crippen LogP contribution in [-0.4, -0.2) is 48.1 Å². The summed E-state index contributed by atoms with van der Waals surface area (Å²) in [6.45, 7) is 15.2. The molecule has 4 N–H and O–H groups in total. The summed E-state index contributed by atoms with van der Waals surface area (Å²) in [7, 11) is 1.74. The molecule has 0 aliphatic heterocycles. The molecular weight excluding hydrogens is 418 g/mol. The van der Waals surface area contributed by atoms with Crippen molar-refractivity contribution in [3.8, 4) is 0 Å². The van der Waals surface area contributed by atoms with Crippen LogP contribution in [0.3, 0.4) is 0 Å². The lowest BCUT2D eigenvalue weighted by atomic mass is 9.76. The van der Waals surface area contributed by atoms with Crippen LogP contribution in [0.1, 0.15) is 67.4 Å². The fourth-order valence-electron chi connectivity index (χ4n) is 4.00. The standard InChI is InChI=1S/C26H43N3O4/c1-16(2)19(15-17(3)24(32)33)28-22(30)20(25(4,5)6)29-23(31)21(27-9)26(7,8)18-13-11-10-12-14-18/h10-14,16-17,19-21,27H,15H2,1-9H3,(H,28,30)(H,29,31)(H,32,33)/t17?,19-,20?,21?/m1/s1. The van der Waals surface area contributed by atoms with Crippen molar-refractivity contribution >= 4 is 17.8 Å². The molecule has 1 rings (SSSR count). The quantitative estimate of drug-likeness (QED) is 0.404. The number of rotatable bonds is 11. The Morgan fingerprint density at radius 1 is 0.879 bits per heavy atom. The third-order valence-corrected chi connectivity index (χ3v) is 6.37. The molecule has 0 spiro atoms. The van der Waals surface area contributed by atoms with E-state index < -0.39 is 34.8 Å². The number of nitrogens with one attached hydrogen (secondary N) is 3. The fraction of sp³-hybridized carbons (Fsp3) is 0.654. The highest BCUT2D eigenvalue weighted by atomic mass is 16.4. The molecule has 7 heteroatoms. The maximum atomic E-state index is 13.4. The van der Waals surface area contributed by atoms with Gasteiger partial charge in [0.25, 0.3) is 0 Å². The summed E-state index contributed by atoms with van der Waals surface area (Å²) in [6, 6.07) is 8.13. The molecule has 0 heterocycles. The van der Waals surface area contributed by atoms with Gasteiger partial charge in [-0.25, -0.2) is 0 Å². The van der Waals surface area contributed by atoms with E-state index >= 15 is 0 Å². The van der Waals surface area contributed by atoms with E-state index in [-0.39, 0.29) is 23.8 Å². The third kappa shape index (κ3) is 7.84. The molecule has 3 unspecified atom stereocenters. The Morgan fingerprint density at radius 3 is 1.82 bits per heavy atom. The van der Waals surface area contributed by atoms with Gasteiger partial charge in [-0.2, -0.15) is 0 Å². The highest BCUT2D eigenvalue weighted by molar-refractivity contribution is 5.91. The Balaban J connectivity index is 3.11. The van der Waals surface area contributed by atoms with Gasteiger partial charge in [0.15, 0.2) is 0 Å². The van der Waals surface area contributed by atoms with Gasteiger partial charge in [0.2, 0.25) is 11.8 Å². The van der Waals surface area contributed by atoms with Gasteiger partial charge in [0.1, 0.15) is 6.04 Å². The number of hydrogen-bond donors (Lipinski definition) is 4. The van der Waals surface area contributed by atoms with Crippen molar-refractivity contribution < 1.29 is 19.5 Å². The average Bonchev–Trinajstić information content (AvgIpc) is 2.71. The van der Waals surface area contributed by atoms with Crippen molar-refractivity contribution in [3.63, 3.8) is 0 Å². The zero-order chi connectivity index (χ0) is 25.6. The minimum absolute atomic E-state index is 0.0501. The molecular formula is C26H43N3O4. The molecule has 0 aliphatic rings. The summed E-state index contributed by atoms with van der Waals surface area (Å²) in [5, 5.41) is 18.4. The third-order valence-electron chi connectivity index (χ3n) is 6.37. The topological polar surface area (TPSA) is 108 Å². The molecule has 186 valence electrons. The van der Waals surface area contributed by atoms with Gasteiger partial charge in [-0.1, -0.05) is 85.7 Å². The van der Waals surface area contributed by atoms with Crippen LogP contribution in [-0.2, 0) is 19.8 Å². The number of carbonyl (C=O) groups is 3. The van der Waals surface area contributed by atoms with Crippen molar-refractivity contribution in [1.29, 1.82) is 0 Å². The first kappa shape index (κ1) is 28.6. The molecule has 0 fully saturated rings. The summed E-state index contributed by atoms with van der Waals surface area (Å²) < 4.78 is 0. The van der Waals surface area contributed by atoms with Crippen LogP contribution in [0.4, 0.5) is 0 Å². The molecule has 0 bridgehead atoms. The Kier molecular flexibility index (Phi) is 10.1. The summed E-state index contributed by atoms with van der Waals surface area (Å²) in [4.78, 5) is 38.1. The number of carbonyl (C=O) groups excluding carboxylic acids is 2. The van der Waals surface area contributed by atoms with Crippen LogP contribution in [0.15, 0.2) is 30.3 Å². The van der Waals surface area contributed by atoms with Crippen molar-refractivity contribution in [2.75, 3.05) is 7.05 Å². The van der Waals surface area contributed by atoms with E-state index in [1.54, 1.807) is 14.0 Å². The highest BCUT2D eigenvalue weighted by Gasteiger charge is 2.40. The monoisotopic (exact) mass is 461 g/mol. The largest absolute Gasteiger partial charge is 0.481 e. The zero-order valence-electron chi connectivity index (χ0n) is 21.7. The minimum Gasteiger partial charge on any atom is -0.481 e. The van der Waals surface area contributed by atoms with Gasteiger partial charge >= 0.3 is 5.97 Å². The van der Waals surface area contributed by atoms with Crippen LogP contribution in [0.2, 0.25) is 0 Å². The zero-order valence-corrected chi connectivity index (χ0v) is 21.7. The van der Waals surface area contributed by atoms with E-state index in [4.69, 9.17) is 0 Å². The molecule has 0 saturated carbocycles. The molecule has 0 aromatic heterocycles. The lowest BCUT2D eigenvalue weighted by Crippen LogP contribution is -2.61. The predicted octanol–water partition coefficient (Wildman–Crippen LogP) is 3.33. The summed E-state index contributed by atoms with van der Waals surface area (Å²) in [5.74, 6) is -1.99. The predicted molar refractivity (Wildman–Crippen MR) is 132 cm³/mol. The van der Waals surface area contributed by atoms with E-state index in [0.717, 1.165) is 5.56 Å². The van der Waals surface area contributed by atoms with Crippen molar-refractivity contribution in [3.05, 3.63) is 35.9 Å². The number of aliphatic carboxylic acids is 1. The molecule has 0 radical (unpaired) electrons. The molecule has 1 aromatic carbocycles. The van der Waals surface area contributed by atoms with Gasteiger partial charge < -0.3 is 21.1 Å². The first-order valence-corrected chi connectivity index (χ1v) is 11.7. The van der Waals surface area contributed by atoms with E-state index in [1.807, 2.05) is 78.8 Å². The molecule has 0 aliphatic carbocycles. The van der Waals surface area contributed by atoms with E-state index in [9.17, 15) is 19.5 Å². The Labute approximate surface area is 199 Å². The lowest BCUT2D eigenvalue weighted by Gasteiger charge is -2.37. The van der Waals surface area contributed by atoms with Crippen LogP contribution >= 0.6 is 0 Å². The molecule has 2 amide bonds. The summed E-state index contributed by atoms with van der Waals surface area (Å²) >= 11 is 0. The van der Waals surface area contributed by atoms with Gasteiger partial charge in [-0.05, 0) is 30.4 Å². The van der Waals surface area contributed by atoms with Gasteiger partial charge in [0, 0.05) is 11.5 Å². The second-order valence-electron chi connectivity index (χ2n) is 11.0.